The Morgan fingerprint density at radius 3 is 2.56 bits per heavy atom. The third-order valence-electron chi connectivity index (χ3n) is 3.63. The molecule has 0 aliphatic heterocycles. The Morgan fingerprint density at radius 1 is 1.12 bits per heavy atom. The molecule has 1 aromatic heterocycles. The Bertz CT molecular complexity index is 944. The van der Waals surface area contributed by atoms with Gasteiger partial charge >= 0.3 is 5.76 Å². The minimum absolute atomic E-state index is 0.163. The molecule has 0 N–H and O–H groups in total. The highest BCUT2D eigenvalue weighted by Crippen LogP contribution is 2.24. The van der Waals surface area contributed by atoms with Gasteiger partial charge in [0.1, 0.15) is 18.0 Å². The number of benzene rings is 2. The number of rotatable bonds is 6. The molecule has 0 spiro atoms. The first-order valence-electron chi connectivity index (χ1n) is 7.51. The topological polar surface area (TPSA) is 83.6 Å². The summed E-state index contributed by atoms with van der Waals surface area (Å²) in [6.45, 7) is -0.265. The molecule has 1 heterocycles. The molecule has 0 saturated carbocycles. The van der Waals surface area contributed by atoms with Crippen LogP contribution in [0.25, 0.3) is 11.5 Å². The summed E-state index contributed by atoms with van der Waals surface area (Å²) in [5.41, 5.74) is 0.961. The summed E-state index contributed by atoms with van der Waals surface area (Å²) in [5.74, 6) is 0.0306. The molecule has 0 unspecified atom stereocenters. The molecule has 0 aliphatic carbocycles. The molecular weight excluding hydrogens is 324 g/mol. The predicted molar refractivity (Wildman–Crippen MR) is 90.1 cm³/mol. The third kappa shape index (κ3) is 3.45. The number of methoxy groups -OCH3 is 2. The highest BCUT2D eigenvalue weighted by atomic mass is 16.5. The van der Waals surface area contributed by atoms with E-state index in [0.29, 0.717) is 22.6 Å². The fourth-order valence-corrected chi connectivity index (χ4v) is 2.36. The van der Waals surface area contributed by atoms with E-state index in [9.17, 15) is 9.59 Å². The standard InChI is InChI=1S/C18H16N2O5/c1-23-13-8-9-16(24-2)14(10-13)15(21)11-20-18(22)25-17(19-20)12-6-4-3-5-7-12/h3-10H,11H2,1-2H3. The minimum Gasteiger partial charge on any atom is -0.497 e. The van der Waals surface area contributed by atoms with Crippen molar-refractivity contribution in [3.05, 3.63) is 64.6 Å². The molecule has 3 rings (SSSR count). The number of aromatic nitrogens is 2. The van der Waals surface area contributed by atoms with E-state index >= 15 is 0 Å². The lowest BCUT2D eigenvalue weighted by molar-refractivity contribution is 0.0961. The van der Waals surface area contributed by atoms with Gasteiger partial charge in [-0.1, -0.05) is 18.2 Å². The molecule has 3 aromatic rings. The van der Waals surface area contributed by atoms with Crippen LogP contribution in [0, 0.1) is 0 Å². The quantitative estimate of drug-likeness (QED) is 0.641. The molecule has 0 amide bonds. The molecule has 0 saturated heterocycles. The van der Waals surface area contributed by atoms with Crippen LogP contribution < -0.4 is 15.2 Å². The first-order valence-corrected chi connectivity index (χ1v) is 7.51. The molecule has 0 atom stereocenters. The fraction of sp³-hybridized carbons (Fsp3) is 0.167. The Hall–Kier alpha value is -3.35. The molecule has 0 bridgehead atoms. The smallest absolute Gasteiger partial charge is 0.437 e. The Labute approximate surface area is 143 Å². The average molecular weight is 340 g/mol. The van der Waals surface area contributed by atoms with Gasteiger partial charge in [0.15, 0.2) is 5.78 Å². The van der Waals surface area contributed by atoms with E-state index in [4.69, 9.17) is 13.9 Å². The maximum Gasteiger partial charge on any atom is 0.437 e. The highest BCUT2D eigenvalue weighted by molar-refractivity contribution is 5.98. The van der Waals surface area contributed by atoms with Crippen LogP contribution in [-0.2, 0) is 6.54 Å². The van der Waals surface area contributed by atoms with E-state index in [1.807, 2.05) is 6.07 Å². The van der Waals surface area contributed by atoms with E-state index < -0.39 is 5.76 Å². The lowest BCUT2D eigenvalue weighted by Crippen LogP contribution is -2.22. The van der Waals surface area contributed by atoms with Crippen molar-refractivity contribution in [1.82, 2.24) is 9.78 Å². The first kappa shape index (κ1) is 16.5. The molecule has 0 aliphatic rings. The number of hydrogen-bond acceptors (Lipinski definition) is 6. The number of carbonyl (C=O) groups is 1. The molecule has 7 heteroatoms. The van der Waals surface area contributed by atoms with Gasteiger partial charge in [-0.2, -0.15) is 4.68 Å². The van der Waals surface area contributed by atoms with Gasteiger partial charge in [-0.05, 0) is 30.3 Å². The minimum atomic E-state index is -0.700. The summed E-state index contributed by atoms with van der Waals surface area (Å²) in [4.78, 5) is 24.6. The van der Waals surface area contributed by atoms with Crippen LogP contribution in [0.2, 0.25) is 0 Å². The van der Waals surface area contributed by atoms with Crippen molar-refractivity contribution in [2.45, 2.75) is 6.54 Å². The zero-order chi connectivity index (χ0) is 17.8. The molecule has 128 valence electrons. The van der Waals surface area contributed by atoms with Crippen LogP contribution in [-0.4, -0.2) is 29.8 Å². The molecule has 7 nitrogen and oxygen atoms in total. The summed E-state index contributed by atoms with van der Waals surface area (Å²) in [6.07, 6.45) is 0. The number of nitrogens with zero attached hydrogens (tertiary/aromatic N) is 2. The van der Waals surface area contributed by atoms with E-state index in [1.54, 1.807) is 42.5 Å². The molecule has 25 heavy (non-hydrogen) atoms. The van der Waals surface area contributed by atoms with Crippen LogP contribution in [0.1, 0.15) is 10.4 Å². The molecule has 0 radical (unpaired) electrons. The highest BCUT2D eigenvalue weighted by Gasteiger charge is 2.18. The summed E-state index contributed by atoms with van der Waals surface area (Å²) < 4.78 is 16.4. The monoisotopic (exact) mass is 340 g/mol. The molecular formula is C18H16N2O5. The number of hydrogen-bond donors (Lipinski definition) is 0. The van der Waals surface area contributed by atoms with Crippen LogP contribution >= 0.6 is 0 Å². The Kier molecular flexibility index (Phi) is 4.65. The molecule has 2 aromatic carbocycles. The van der Waals surface area contributed by atoms with E-state index in [1.165, 1.54) is 14.2 Å². The van der Waals surface area contributed by atoms with Gasteiger partial charge in [0, 0.05) is 5.56 Å². The Balaban J connectivity index is 1.89. The van der Waals surface area contributed by atoms with Gasteiger partial charge < -0.3 is 13.9 Å². The van der Waals surface area contributed by atoms with Crippen LogP contribution in [0.3, 0.4) is 0 Å². The second-order valence-corrected chi connectivity index (χ2v) is 5.19. The van der Waals surface area contributed by atoms with Gasteiger partial charge in [-0.3, -0.25) is 4.79 Å². The van der Waals surface area contributed by atoms with Crippen LogP contribution in [0.4, 0.5) is 0 Å². The van der Waals surface area contributed by atoms with Crippen molar-refractivity contribution in [2.24, 2.45) is 0 Å². The SMILES string of the molecule is COc1ccc(OC)c(C(=O)Cn2nc(-c3ccccc3)oc2=O)c1. The number of carbonyl (C=O) groups excluding carboxylic acids is 1. The second kappa shape index (κ2) is 7.04. The third-order valence-corrected chi connectivity index (χ3v) is 3.63. The Morgan fingerprint density at radius 2 is 1.88 bits per heavy atom. The summed E-state index contributed by atoms with van der Waals surface area (Å²) >= 11 is 0. The summed E-state index contributed by atoms with van der Waals surface area (Å²) in [6, 6.07) is 13.9. The van der Waals surface area contributed by atoms with Crippen molar-refractivity contribution >= 4 is 5.78 Å². The van der Waals surface area contributed by atoms with Crippen LogP contribution in [0.15, 0.2) is 57.7 Å². The zero-order valence-electron chi connectivity index (χ0n) is 13.8. The van der Waals surface area contributed by atoms with Crippen molar-refractivity contribution < 1.29 is 18.7 Å². The number of ketones is 1. The number of Topliss-reactive ketones (excluding diaryl/α,β-unsaturated/α-hetero) is 1. The van der Waals surface area contributed by atoms with Crippen molar-refractivity contribution in [3.63, 3.8) is 0 Å². The largest absolute Gasteiger partial charge is 0.497 e. The second-order valence-electron chi connectivity index (χ2n) is 5.19. The van der Waals surface area contributed by atoms with Gasteiger partial charge in [0.2, 0.25) is 5.89 Å². The summed E-state index contributed by atoms with van der Waals surface area (Å²) in [7, 11) is 2.97. The van der Waals surface area contributed by atoms with Gasteiger partial charge in [0.05, 0.1) is 19.8 Å². The zero-order valence-corrected chi connectivity index (χ0v) is 13.8. The van der Waals surface area contributed by atoms with Gasteiger partial charge in [-0.15, -0.1) is 5.10 Å². The van der Waals surface area contributed by atoms with Crippen molar-refractivity contribution in [3.8, 4) is 23.0 Å². The van der Waals surface area contributed by atoms with Crippen molar-refractivity contribution in [2.75, 3.05) is 14.2 Å². The fourth-order valence-electron chi connectivity index (χ4n) is 2.36. The number of ether oxygens (including phenoxy) is 2. The van der Waals surface area contributed by atoms with E-state index in [-0.39, 0.29) is 18.2 Å². The maximum absolute atomic E-state index is 12.6. The summed E-state index contributed by atoms with van der Waals surface area (Å²) in [5, 5.41) is 4.09. The van der Waals surface area contributed by atoms with E-state index in [0.717, 1.165) is 4.68 Å². The normalized spacial score (nSPS) is 10.5. The van der Waals surface area contributed by atoms with Crippen LogP contribution in [0.5, 0.6) is 11.5 Å². The average Bonchev–Trinajstić information content (AvgIpc) is 3.02. The van der Waals surface area contributed by atoms with Crippen molar-refractivity contribution in [1.29, 1.82) is 0 Å². The lowest BCUT2D eigenvalue weighted by Gasteiger charge is -2.09. The molecule has 0 fully saturated rings. The predicted octanol–water partition coefficient (Wildman–Crippen LogP) is 2.40. The lowest BCUT2D eigenvalue weighted by atomic mass is 10.1. The van der Waals surface area contributed by atoms with Gasteiger partial charge in [-0.25, -0.2) is 4.79 Å². The first-order chi connectivity index (χ1) is 12.1. The van der Waals surface area contributed by atoms with Gasteiger partial charge in [0.25, 0.3) is 0 Å². The van der Waals surface area contributed by atoms with E-state index in [2.05, 4.69) is 5.10 Å². The maximum atomic E-state index is 12.6.